The van der Waals surface area contributed by atoms with E-state index in [1.54, 1.807) is 0 Å². The molecule has 0 saturated carbocycles. The maximum absolute atomic E-state index is 3.75. The molecule has 0 atom stereocenters. The molecule has 0 amide bonds. The van der Waals surface area contributed by atoms with Gasteiger partial charge in [-0.25, -0.2) is 0 Å². The van der Waals surface area contributed by atoms with Gasteiger partial charge in [0.05, 0.1) is 0 Å². The largest absolute Gasteiger partial charge is 0.560 e. The summed E-state index contributed by atoms with van der Waals surface area (Å²) in [6.45, 7) is 3.75. The first-order valence-electron chi connectivity index (χ1n) is 2.90. The quantitative estimate of drug-likeness (QED) is 0.619. The van der Waals surface area contributed by atoms with Crippen LogP contribution in [0.1, 0.15) is 5.56 Å². The van der Waals surface area contributed by atoms with Crippen molar-refractivity contribution in [1.29, 1.82) is 0 Å². The third-order valence-corrected chi connectivity index (χ3v) is 1.38. The molecular formula is C7H6Br3Mg. The van der Waals surface area contributed by atoms with Gasteiger partial charge in [0.2, 0.25) is 0 Å². The van der Waals surface area contributed by atoms with Crippen LogP contribution >= 0.6 is 41.7 Å². The maximum Gasteiger partial charge on any atom is 0.560 e. The summed E-state index contributed by atoms with van der Waals surface area (Å²) in [5.41, 5.74) is 1.04. The lowest BCUT2D eigenvalue weighted by Gasteiger charge is -1.88. The minimum atomic E-state index is 0.0417. The SMILES string of the molecule is [Br][Mg][Br].[CH2]c1cccc(Br)c1. The highest BCUT2D eigenvalue weighted by atomic mass is 79.9. The van der Waals surface area contributed by atoms with Gasteiger partial charge < -0.3 is 0 Å². The van der Waals surface area contributed by atoms with E-state index >= 15 is 0 Å². The monoisotopic (exact) mass is 351 g/mol. The summed E-state index contributed by atoms with van der Waals surface area (Å²) in [6.07, 6.45) is 0. The van der Waals surface area contributed by atoms with Crippen molar-refractivity contribution >= 4 is 57.7 Å². The van der Waals surface area contributed by atoms with Gasteiger partial charge in [-0.15, -0.1) is 0 Å². The van der Waals surface area contributed by atoms with E-state index in [4.69, 9.17) is 0 Å². The van der Waals surface area contributed by atoms with Crippen molar-refractivity contribution in [2.45, 2.75) is 0 Å². The lowest BCUT2D eigenvalue weighted by Crippen LogP contribution is -1.67. The first kappa shape index (κ1) is 12.4. The van der Waals surface area contributed by atoms with Gasteiger partial charge in [0.1, 0.15) is 0 Å². The van der Waals surface area contributed by atoms with Gasteiger partial charge >= 0.3 is 16.0 Å². The molecule has 1 radical (unpaired) electrons. The van der Waals surface area contributed by atoms with Crippen LogP contribution in [0, 0.1) is 6.92 Å². The summed E-state index contributed by atoms with van der Waals surface area (Å²) in [5, 5.41) is 0. The van der Waals surface area contributed by atoms with Crippen LogP contribution in [0.15, 0.2) is 28.7 Å². The molecule has 0 heterocycles. The van der Waals surface area contributed by atoms with Gasteiger partial charge in [0.25, 0.3) is 0 Å². The van der Waals surface area contributed by atoms with E-state index in [0.717, 1.165) is 10.0 Å². The summed E-state index contributed by atoms with van der Waals surface area (Å²) >= 11 is 9.77. The molecule has 0 spiro atoms. The molecule has 1 rings (SSSR count). The maximum atomic E-state index is 3.75. The smallest absolute Gasteiger partial charge is 0.280 e. The zero-order valence-corrected chi connectivity index (χ0v) is 12.0. The van der Waals surface area contributed by atoms with Gasteiger partial charge in [-0.1, -0.05) is 28.1 Å². The van der Waals surface area contributed by atoms with Gasteiger partial charge in [-0.05, 0) is 24.6 Å². The third kappa shape index (κ3) is 7.78. The first-order valence-corrected chi connectivity index (χ1v) is 11.5. The Balaban J connectivity index is 0.000000292. The number of hydrogen-bond acceptors (Lipinski definition) is 0. The lowest BCUT2D eigenvalue weighted by molar-refractivity contribution is 1.57. The van der Waals surface area contributed by atoms with Crippen LogP contribution < -0.4 is 0 Å². The highest BCUT2D eigenvalue weighted by Gasteiger charge is 1.82. The van der Waals surface area contributed by atoms with E-state index in [0.29, 0.717) is 0 Å². The first-order chi connectivity index (χ1) is 5.20. The molecule has 1 aromatic rings. The molecule has 57 valence electrons. The molecule has 0 aliphatic carbocycles. The van der Waals surface area contributed by atoms with Crippen molar-refractivity contribution in [3.8, 4) is 0 Å². The molecule has 0 bridgehead atoms. The Morgan fingerprint density at radius 2 is 1.82 bits per heavy atom. The van der Waals surface area contributed by atoms with Gasteiger partial charge in [-0.2, -0.15) is 0 Å². The summed E-state index contributed by atoms with van der Waals surface area (Å²) in [5.74, 6) is 0. The van der Waals surface area contributed by atoms with Gasteiger partial charge in [0.15, 0.2) is 0 Å². The molecule has 0 aromatic heterocycles. The highest BCUT2D eigenvalue weighted by molar-refractivity contribution is 9.47. The Labute approximate surface area is 97.7 Å². The predicted molar refractivity (Wildman–Crippen MR) is 62.2 cm³/mol. The minimum absolute atomic E-state index is 0.0417. The molecule has 0 aliphatic heterocycles. The van der Waals surface area contributed by atoms with Crippen molar-refractivity contribution in [2.24, 2.45) is 0 Å². The van der Waals surface area contributed by atoms with Gasteiger partial charge in [0, 0.05) is 4.47 Å². The second-order valence-electron chi connectivity index (χ2n) is 1.73. The standard InChI is InChI=1S/C7H6Br.2BrH.Mg/c1-6-3-2-4-7(8)5-6;;;/h2-5H,1H2;2*1H;/q;;;+2/p-2. The number of hydrogen-bond donors (Lipinski definition) is 0. The third-order valence-electron chi connectivity index (χ3n) is 0.889. The van der Waals surface area contributed by atoms with E-state index in [-0.39, 0.29) is 16.0 Å². The topological polar surface area (TPSA) is 0 Å². The van der Waals surface area contributed by atoms with E-state index in [9.17, 15) is 0 Å². The molecule has 0 unspecified atom stereocenters. The van der Waals surface area contributed by atoms with E-state index < -0.39 is 0 Å². The molecule has 1 aromatic carbocycles. The fourth-order valence-corrected chi connectivity index (χ4v) is 0.984. The molecule has 4 heteroatoms. The van der Waals surface area contributed by atoms with Crippen LogP contribution in [0.5, 0.6) is 0 Å². The predicted octanol–water partition coefficient (Wildman–Crippen LogP) is 3.94. The second-order valence-corrected chi connectivity index (χ2v) is 10.7. The molecule has 0 saturated heterocycles. The van der Waals surface area contributed by atoms with Crippen molar-refractivity contribution in [3.05, 3.63) is 41.2 Å². The van der Waals surface area contributed by atoms with Crippen molar-refractivity contribution < 1.29 is 0 Å². The average molecular weight is 354 g/mol. The Morgan fingerprint density at radius 1 is 1.27 bits per heavy atom. The molecule has 0 aliphatic rings. The van der Waals surface area contributed by atoms with Crippen LogP contribution in [0.2, 0.25) is 0 Å². The van der Waals surface area contributed by atoms with Crippen LogP contribution in [0.25, 0.3) is 0 Å². The lowest BCUT2D eigenvalue weighted by atomic mass is 10.2. The van der Waals surface area contributed by atoms with E-state index in [2.05, 4.69) is 48.6 Å². The summed E-state index contributed by atoms with van der Waals surface area (Å²) in [6, 6.07) is 7.88. The average Bonchev–Trinajstić information content (AvgIpc) is 1.88. The Bertz CT molecular complexity index is 185. The Kier molecular flexibility index (Phi) is 9.09. The Morgan fingerprint density at radius 3 is 2.09 bits per heavy atom. The van der Waals surface area contributed by atoms with Gasteiger partial charge in [-0.3, -0.25) is 25.8 Å². The number of benzene rings is 1. The second kappa shape index (κ2) is 8.04. The van der Waals surface area contributed by atoms with Crippen molar-refractivity contribution in [3.63, 3.8) is 0 Å². The van der Waals surface area contributed by atoms with Crippen molar-refractivity contribution in [2.75, 3.05) is 0 Å². The number of rotatable bonds is 0. The highest BCUT2D eigenvalue weighted by Crippen LogP contribution is 2.09. The van der Waals surface area contributed by atoms with Crippen LogP contribution in [-0.4, -0.2) is 16.0 Å². The Hall–Kier alpha value is 1.43. The molecule has 0 nitrogen and oxygen atoms in total. The van der Waals surface area contributed by atoms with E-state index in [1.807, 2.05) is 24.3 Å². The minimum Gasteiger partial charge on any atom is -0.280 e. The van der Waals surface area contributed by atoms with Crippen LogP contribution in [0.4, 0.5) is 0 Å². The van der Waals surface area contributed by atoms with E-state index in [1.165, 1.54) is 0 Å². The van der Waals surface area contributed by atoms with Crippen LogP contribution in [-0.2, 0) is 0 Å². The molecular weight excluding hydrogens is 348 g/mol. The zero-order chi connectivity index (χ0) is 8.69. The number of halogens is 3. The molecule has 0 N–H and O–H groups in total. The van der Waals surface area contributed by atoms with Crippen LogP contribution in [0.3, 0.4) is 0 Å². The fourth-order valence-electron chi connectivity index (χ4n) is 0.537. The molecule has 0 fully saturated rings. The van der Waals surface area contributed by atoms with Crippen molar-refractivity contribution in [1.82, 2.24) is 0 Å². The summed E-state index contributed by atoms with van der Waals surface area (Å²) < 4.78 is 1.09. The summed E-state index contributed by atoms with van der Waals surface area (Å²) in [7, 11) is 0. The molecule has 11 heavy (non-hydrogen) atoms. The fraction of sp³-hybridized carbons (Fsp3) is 0. The summed E-state index contributed by atoms with van der Waals surface area (Å²) in [4.78, 5) is 0. The normalized spacial score (nSPS) is 7.64. The zero-order valence-electron chi connectivity index (χ0n) is 5.86.